The summed E-state index contributed by atoms with van der Waals surface area (Å²) in [5.41, 5.74) is 1.80. The third-order valence-corrected chi connectivity index (χ3v) is 8.39. The Kier molecular flexibility index (Phi) is 6.62. The van der Waals surface area contributed by atoms with Gasteiger partial charge < -0.3 is 9.80 Å². The summed E-state index contributed by atoms with van der Waals surface area (Å²) < 4.78 is 27.8. The number of benzene rings is 2. The molecule has 7 nitrogen and oxygen atoms in total. The summed E-state index contributed by atoms with van der Waals surface area (Å²) in [5, 5.41) is 0. The molecule has 8 heteroatoms. The number of rotatable bonds is 6. The first-order valence-corrected chi connectivity index (χ1v) is 12.6. The molecule has 0 unspecified atom stereocenters. The maximum atomic E-state index is 13.2. The number of piperazine rings is 1. The molecule has 2 amide bonds. The van der Waals surface area contributed by atoms with Crippen molar-refractivity contribution in [2.24, 2.45) is 0 Å². The average molecular weight is 456 g/mol. The van der Waals surface area contributed by atoms with Crippen LogP contribution in [0, 0.1) is 0 Å². The summed E-state index contributed by atoms with van der Waals surface area (Å²) in [4.78, 5) is 29.1. The Bertz CT molecular complexity index is 1080. The molecule has 0 bridgehead atoms. The molecule has 0 aromatic heterocycles. The van der Waals surface area contributed by atoms with E-state index < -0.39 is 21.8 Å². The van der Waals surface area contributed by atoms with Gasteiger partial charge in [-0.1, -0.05) is 55.5 Å². The van der Waals surface area contributed by atoms with Gasteiger partial charge in [0.1, 0.15) is 0 Å². The van der Waals surface area contributed by atoms with Crippen LogP contribution in [-0.4, -0.2) is 66.6 Å². The van der Waals surface area contributed by atoms with Crippen molar-refractivity contribution in [2.75, 3.05) is 26.2 Å². The van der Waals surface area contributed by atoms with Crippen LogP contribution in [0.4, 0.5) is 0 Å². The van der Waals surface area contributed by atoms with Crippen LogP contribution in [0.3, 0.4) is 0 Å². The highest BCUT2D eigenvalue weighted by Gasteiger charge is 2.39. The van der Waals surface area contributed by atoms with Gasteiger partial charge >= 0.3 is 11.8 Å². The molecule has 0 aliphatic carbocycles. The second-order valence-corrected chi connectivity index (χ2v) is 10.2. The molecular weight excluding hydrogens is 426 g/mol. The van der Waals surface area contributed by atoms with Gasteiger partial charge in [0.2, 0.25) is 10.0 Å². The van der Waals surface area contributed by atoms with E-state index in [2.05, 4.69) is 0 Å². The Morgan fingerprint density at radius 1 is 0.844 bits per heavy atom. The molecule has 2 aliphatic rings. The molecule has 0 saturated carbocycles. The number of hydrogen-bond acceptors (Lipinski definition) is 4. The first kappa shape index (κ1) is 22.5. The third-order valence-electron chi connectivity index (χ3n) is 6.39. The van der Waals surface area contributed by atoms with Gasteiger partial charge in [-0.15, -0.1) is 0 Å². The van der Waals surface area contributed by atoms with Gasteiger partial charge in [-0.3, -0.25) is 9.59 Å². The summed E-state index contributed by atoms with van der Waals surface area (Å²) in [6, 6.07) is 16.6. The van der Waals surface area contributed by atoms with Crippen LogP contribution >= 0.6 is 0 Å². The van der Waals surface area contributed by atoms with Crippen molar-refractivity contribution in [3.05, 3.63) is 65.7 Å². The van der Waals surface area contributed by atoms with Crippen molar-refractivity contribution >= 4 is 21.8 Å². The van der Waals surface area contributed by atoms with E-state index in [9.17, 15) is 18.0 Å². The van der Waals surface area contributed by atoms with Crippen LogP contribution in [0.1, 0.15) is 30.9 Å². The normalized spacial score (nSPS) is 18.9. The van der Waals surface area contributed by atoms with E-state index in [0.29, 0.717) is 56.9 Å². The highest BCUT2D eigenvalue weighted by atomic mass is 32.2. The highest BCUT2D eigenvalue weighted by Crippen LogP contribution is 2.26. The predicted octanol–water partition coefficient (Wildman–Crippen LogP) is 2.27. The molecule has 2 saturated heterocycles. The predicted molar refractivity (Wildman–Crippen MR) is 121 cm³/mol. The van der Waals surface area contributed by atoms with Crippen LogP contribution in [0.15, 0.2) is 59.5 Å². The van der Waals surface area contributed by atoms with Gasteiger partial charge in [0.05, 0.1) is 4.90 Å². The molecule has 2 aromatic rings. The first-order valence-electron chi connectivity index (χ1n) is 11.1. The minimum Gasteiger partial charge on any atom is -0.330 e. The van der Waals surface area contributed by atoms with Crippen LogP contribution < -0.4 is 0 Å². The molecule has 2 fully saturated rings. The molecule has 32 heavy (non-hydrogen) atoms. The average Bonchev–Trinajstić information content (AvgIpc) is 2.83. The zero-order valence-electron chi connectivity index (χ0n) is 18.3. The van der Waals surface area contributed by atoms with E-state index in [1.54, 1.807) is 21.9 Å². The Balaban J connectivity index is 1.38. The molecular formula is C24H29N3O4S. The van der Waals surface area contributed by atoms with Gasteiger partial charge in [0.25, 0.3) is 0 Å². The van der Waals surface area contributed by atoms with Gasteiger partial charge in [0.15, 0.2) is 0 Å². The van der Waals surface area contributed by atoms with Crippen molar-refractivity contribution in [3.63, 3.8) is 0 Å². The Labute approximate surface area is 189 Å². The molecule has 2 aliphatic heterocycles. The largest absolute Gasteiger partial charge is 0.330 e. The number of piperidine rings is 1. The van der Waals surface area contributed by atoms with E-state index in [4.69, 9.17) is 0 Å². The topological polar surface area (TPSA) is 78.0 Å². The van der Waals surface area contributed by atoms with Crippen LogP contribution in [0.5, 0.6) is 0 Å². The van der Waals surface area contributed by atoms with Crippen molar-refractivity contribution in [1.82, 2.24) is 14.1 Å². The number of nitrogens with zero attached hydrogens (tertiary/aromatic N) is 3. The first-order chi connectivity index (χ1) is 15.4. The number of hydrogen-bond donors (Lipinski definition) is 0. The van der Waals surface area contributed by atoms with Crippen LogP contribution in [0.25, 0.3) is 0 Å². The third kappa shape index (κ3) is 4.42. The molecule has 0 N–H and O–H groups in total. The van der Waals surface area contributed by atoms with Gasteiger partial charge in [-0.25, -0.2) is 8.42 Å². The highest BCUT2D eigenvalue weighted by molar-refractivity contribution is 7.89. The Morgan fingerprint density at radius 2 is 1.50 bits per heavy atom. The summed E-state index contributed by atoms with van der Waals surface area (Å²) in [5.74, 6) is -0.961. The minimum absolute atomic E-state index is 0.113. The van der Waals surface area contributed by atoms with E-state index in [1.807, 2.05) is 49.4 Å². The maximum absolute atomic E-state index is 13.2. The zero-order valence-corrected chi connectivity index (χ0v) is 19.1. The van der Waals surface area contributed by atoms with E-state index in [0.717, 1.165) is 11.1 Å². The monoisotopic (exact) mass is 455 g/mol. The van der Waals surface area contributed by atoms with Crippen molar-refractivity contribution in [3.8, 4) is 0 Å². The summed E-state index contributed by atoms with van der Waals surface area (Å²) in [6.07, 6.45) is 1.71. The second-order valence-electron chi connectivity index (χ2n) is 8.31. The number of carbonyl (C=O) groups is 2. The fraction of sp³-hybridized carbons (Fsp3) is 0.417. The summed E-state index contributed by atoms with van der Waals surface area (Å²) in [6.45, 7) is 4.02. The lowest BCUT2D eigenvalue weighted by molar-refractivity contribution is -0.158. The maximum Gasteiger partial charge on any atom is 0.312 e. The standard InChI is InChI=1S/C24H29N3O4S/c1-2-20-10-6-7-11-22(20)32(30,31)26-14-12-21(13-15-26)27-17-16-25(23(28)24(27)29)18-19-8-4-3-5-9-19/h3-11,21H,2,12-18H2,1H3. The SMILES string of the molecule is CCc1ccccc1S(=O)(=O)N1CCC(N2CCN(Cc3ccccc3)C(=O)C2=O)CC1. The number of aryl methyl sites for hydroxylation is 1. The lowest BCUT2D eigenvalue weighted by Crippen LogP contribution is -2.58. The van der Waals surface area contributed by atoms with Crippen molar-refractivity contribution in [1.29, 1.82) is 0 Å². The summed E-state index contributed by atoms with van der Waals surface area (Å²) >= 11 is 0. The van der Waals surface area contributed by atoms with Gasteiger partial charge in [-0.05, 0) is 36.5 Å². The molecule has 2 aromatic carbocycles. The molecule has 4 rings (SSSR count). The lowest BCUT2D eigenvalue weighted by atomic mass is 10.0. The van der Waals surface area contributed by atoms with Crippen molar-refractivity contribution < 1.29 is 18.0 Å². The molecule has 0 atom stereocenters. The Hall–Kier alpha value is -2.71. The van der Waals surface area contributed by atoms with Crippen LogP contribution in [0.2, 0.25) is 0 Å². The molecule has 0 spiro atoms. The van der Waals surface area contributed by atoms with Gasteiger partial charge in [0, 0.05) is 38.8 Å². The summed E-state index contributed by atoms with van der Waals surface area (Å²) in [7, 11) is -3.57. The van der Waals surface area contributed by atoms with Crippen LogP contribution in [-0.2, 0) is 32.6 Å². The quantitative estimate of drug-likeness (QED) is 0.626. The minimum atomic E-state index is -3.57. The molecule has 170 valence electrons. The van der Waals surface area contributed by atoms with E-state index in [1.165, 1.54) is 4.31 Å². The smallest absolute Gasteiger partial charge is 0.312 e. The fourth-order valence-corrected chi connectivity index (χ4v) is 6.34. The molecule has 2 heterocycles. The van der Waals surface area contributed by atoms with E-state index in [-0.39, 0.29) is 6.04 Å². The second kappa shape index (κ2) is 9.42. The number of amides is 2. The number of carbonyl (C=O) groups excluding carboxylic acids is 2. The zero-order chi connectivity index (χ0) is 22.7. The van der Waals surface area contributed by atoms with Gasteiger partial charge in [-0.2, -0.15) is 4.31 Å². The lowest BCUT2D eigenvalue weighted by Gasteiger charge is -2.41. The number of sulfonamides is 1. The fourth-order valence-electron chi connectivity index (χ4n) is 4.57. The molecule has 0 radical (unpaired) electrons. The van der Waals surface area contributed by atoms with Crippen molar-refractivity contribution in [2.45, 2.75) is 43.7 Å². The van der Waals surface area contributed by atoms with E-state index >= 15 is 0 Å². The Morgan fingerprint density at radius 3 is 2.19 bits per heavy atom.